The molecule has 96 valence electrons. The lowest BCUT2D eigenvalue weighted by atomic mass is 10.1. The highest BCUT2D eigenvalue weighted by Crippen LogP contribution is 2.40. The number of nitrogens with one attached hydrogen (secondary N) is 1. The zero-order valence-corrected chi connectivity index (χ0v) is 11.0. The van der Waals surface area contributed by atoms with E-state index < -0.39 is 0 Å². The van der Waals surface area contributed by atoms with Crippen LogP contribution in [0.4, 0.5) is 0 Å². The van der Waals surface area contributed by atoms with E-state index >= 15 is 0 Å². The van der Waals surface area contributed by atoms with Crippen LogP contribution >= 0.6 is 0 Å². The van der Waals surface area contributed by atoms with Gasteiger partial charge in [0.05, 0.1) is 21.3 Å². The van der Waals surface area contributed by atoms with Crippen LogP contribution in [0.25, 0.3) is 11.3 Å². The molecule has 0 atom stereocenters. The van der Waals surface area contributed by atoms with Gasteiger partial charge in [0.25, 0.3) is 0 Å². The Kier molecular flexibility index (Phi) is 3.46. The molecule has 1 aromatic heterocycles. The third-order valence-electron chi connectivity index (χ3n) is 2.81. The van der Waals surface area contributed by atoms with Crippen LogP contribution in [0.15, 0.2) is 24.3 Å². The summed E-state index contributed by atoms with van der Waals surface area (Å²) in [5, 5.41) is 0. The Morgan fingerprint density at radius 2 is 1.50 bits per heavy atom. The fraction of sp³-hybridized carbons (Fsp3) is 0.286. The predicted octanol–water partition coefficient (Wildman–Crippen LogP) is 3.02. The van der Waals surface area contributed by atoms with Crippen LogP contribution in [0.3, 0.4) is 0 Å². The lowest BCUT2D eigenvalue weighted by Gasteiger charge is -2.13. The fourth-order valence-electron chi connectivity index (χ4n) is 1.91. The van der Waals surface area contributed by atoms with E-state index in [1.54, 1.807) is 21.3 Å². The Morgan fingerprint density at radius 1 is 0.889 bits per heavy atom. The van der Waals surface area contributed by atoms with Gasteiger partial charge in [0.2, 0.25) is 5.75 Å². The van der Waals surface area contributed by atoms with Crippen molar-refractivity contribution in [3.63, 3.8) is 0 Å². The molecule has 2 aromatic rings. The maximum absolute atomic E-state index is 5.33. The average molecular weight is 247 g/mol. The van der Waals surface area contributed by atoms with Gasteiger partial charge in [-0.05, 0) is 31.2 Å². The molecule has 0 spiro atoms. The molecule has 1 heterocycles. The van der Waals surface area contributed by atoms with Gasteiger partial charge in [-0.1, -0.05) is 0 Å². The highest BCUT2D eigenvalue weighted by molar-refractivity contribution is 5.69. The highest BCUT2D eigenvalue weighted by atomic mass is 16.5. The number of hydrogen-bond donors (Lipinski definition) is 1. The molecular weight excluding hydrogens is 230 g/mol. The second-order valence-electron chi connectivity index (χ2n) is 3.97. The van der Waals surface area contributed by atoms with Crippen LogP contribution in [0.1, 0.15) is 5.69 Å². The first-order valence-electron chi connectivity index (χ1n) is 5.65. The number of hydrogen-bond acceptors (Lipinski definition) is 3. The summed E-state index contributed by atoms with van der Waals surface area (Å²) in [4.78, 5) is 3.28. The van der Waals surface area contributed by atoms with Crippen molar-refractivity contribution in [1.82, 2.24) is 4.98 Å². The number of aromatic amines is 1. The molecule has 0 aliphatic heterocycles. The molecule has 0 unspecified atom stereocenters. The van der Waals surface area contributed by atoms with Crippen molar-refractivity contribution in [2.75, 3.05) is 21.3 Å². The Bertz CT molecular complexity index is 521. The normalized spacial score (nSPS) is 10.2. The van der Waals surface area contributed by atoms with E-state index in [-0.39, 0.29) is 0 Å². The van der Waals surface area contributed by atoms with Crippen molar-refractivity contribution in [3.8, 4) is 28.5 Å². The predicted molar refractivity (Wildman–Crippen MR) is 70.6 cm³/mol. The minimum Gasteiger partial charge on any atom is -0.493 e. The summed E-state index contributed by atoms with van der Waals surface area (Å²) >= 11 is 0. The molecular formula is C14H17NO3. The van der Waals surface area contributed by atoms with Gasteiger partial charge >= 0.3 is 0 Å². The van der Waals surface area contributed by atoms with Crippen molar-refractivity contribution in [1.29, 1.82) is 0 Å². The molecule has 2 rings (SSSR count). The van der Waals surface area contributed by atoms with Crippen LogP contribution in [0, 0.1) is 6.92 Å². The second kappa shape index (κ2) is 5.04. The van der Waals surface area contributed by atoms with E-state index in [2.05, 4.69) is 4.98 Å². The number of ether oxygens (including phenoxy) is 3. The van der Waals surface area contributed by atoms with Crippen LogP contribution in [0.2, 0.25) is 0 Å². The molecule has 1 aromatic carbocycles. The third-order valence-corrected chi connectivity index (χ3v) is 2.81. The zero-order valence-electron chi connectivity index (χ0n) is 11.0. The van der Waals surface area contributed by atoms with Gasteiger partial charge in [-0.2, -0.15) is 0 Å². The molecule has 0 radical (unpaired) electrons. The Labute approximate surface area is 106 Å². The molecule has 0 fully saturated rings. The monoisotopic (exact) mass is 247 g/mol. The Balaban J connectivity index is 2.56. The molecule has 18 heavy (non-hydrogen) atoms. The second-order valence-corrected chi connectivity index (χ2v) is 3.97. The lowest BCUT2D eigenvalue weighted by molar-refractivity contribution is 0.324. The molecule has 0 amide bonds. The molecule has 0 saturated heterocycles. The van der Waals surface area contributed by atoms with Crippen LogP contribution in [-0.2, 0) is 0 Å². The first kappa shape index (κ1) is 12.4. The van der Waals surface area contributed by atoms with Crippen LogP contribution in [0.5, 0.6) is 17.2 Å². The molecule has 4 nitrogen and oxygen atoms in total. The minimum absolute atomic E-state index is 0.604. The van der Waals surface area contributed by atoms with Gasteiger partial charge < -0.3 is 19.2 Å². The maximum Gasteiger partial charge on any atom is 0.203 e. The van der Waals surface area contributed by atoms with Crippen molar-refractivity contribution < 1.29 is 14.2 Å². The van der Waals surface area contributed by atoms with E-state index in [1.807, 2.05) is 31.2 Å². The number of benzene rings is 1. The van der Waals surface area contributed by atoms with Gasteiger partial charge in [0.1, 0.15) is 0 Å². The van der Waals surface area contributed by atoms with E-state index in [9.17, 15) is 0 Å². The van der Waals surface area contributed by atoms with Crippen molar-refractivity contribution in [2.24, 2.45) is 0 Å². The van der Waals surface area contributed by atoms with Crippen molar-refractivity contribution in [2.45, 2.75) is 6.92 Å². The number of methoxy groups -OCH3 is 3. The Hall–Kier alpha value is -2.10. The smallest absolute Gasteiger partial charge is 0.203 e. The molecule has 0 aliphatic carbocycles. The summed E-state index contributed by atoms with van der Waals surface area (Å²) in [6, 6.07) is 7.90. The summed E-state index contributed by atoms with van der Waals surface area (Å²) in [6.45, 7) is 2.02. The van der Waals surface area contributed by atoms with Gasteiger partial charge in [-0.15, -0.1) is 0 Å². The molecule has 0 saturated carbocycles. The first-order valence-corrected chi connectivity index (χ1v) is 5.65. The number of rotatable bonds is 4. The largest absolute Gasteiger partial charge is 0.493 e. The van der Waals surface area contributed by atoms with Crippen LogP contribution < -0.4 is 14.2 Å². The molecule has 0 bridgehead atoms. The standard InChI is InChI=1S/C14H17NO3/c1-9-5-6-11(15-9)10-7-12(16-2)14(18-4)13(8-10)17-3/h5-8,15H,1-4H3. The molecule has 1 N–H and O–H groups in total. The van der Waals surface area contributed by atoms with E-state index in [0.29, 0.717) is 17.2 Å². The summed E-state index contributed by atoms with van der Waals surface area (Å²) in [6.07, 6.45) is 0. The van der Waals surface area contributed by atoms with Crippen molar-refractivity contribution >= 4 is 0 Å². The van der Waals surface area contributed by atoms with Gasteiger partial charge in [-0.25, -0.2) is 0 Å². The number of aryl methyl sites for hydroxylation is 1. The molecule has 4 heteroatoms. The van der Waals surface area contributed by atoms with Crippen LogP contribution in [-0.4, -0.2) is 26.3 Å². The van der Waals surface area contributed by atoms with E-state index in [0.717, 1.165) is 17.0 Å². The Morgan fingerprint density at radius 3 is 1.89 bits per heavy atom. The molecule has 0 aliphatic rings. The first-order chi connectivity index (χ1) is 8.69. The number of H-pyrrole nitrogens is 1. The summed E-state index contributed by atoms with van der Waals surface area (Å²) in [7, 11) is 4.82. The topological polar surface area (TPSA) is 43.5 Å². The fourth-order valence-corrected chi connectivity index (χ4v) is 1.91. The summed E-state index contributed by atoms with van der Waals surface area (Å²) in [5.41, 5.74) is 3.13. The number of aromatic nitrogens is 1. The highest BCUT2D eigenvalue weighted by Gasteiger charge is 2.14. The average Bonchev–Trinajstić information content (AvgIpc) is 2.83. The SMILES string of the molecule is COc1cc(-c2ccc(C)[nH]2)cc(OC)c1OC. The van der Waals surface area contributed by atoms with Gasteiger partial charge in [-0.3, -0.25) is 0 Å². The van der Waals surface area contributed by atoms with Crippen molar-refractivity contribution in [3.05, 3.63) is 30.0 Å². The summed E-state index contributed by atoms with van der Waals surface area (Å²) < 4.78 is 16.0. The van der Waals surface area contributed by atoms with E-state index in [4.69, 9.17) is 14.2 Å². The summed E-state index contributed by atoms with van der Waals surface area (Å²) in [5.74, 6) is 1.91. The van der Waals surface area contributed by atoms with Gasteiger partial charge in [0, 0.05) is 17.0 Å². The minimum atomic E-state index is 0.604. The quantitative estimate of drug-likeness (QED) is 0.903. The zero-order chi connectivity index (χ0) is 13.1. The lowest BCUT2D eigenvalue weighted by Crippen LogP contribution is -1.95. The maximum atomic E-state index is 5.33. The van der Waals surface area contributed by atoms with Gasteiger partial charge in [0.15, 0.2) is 11.5 Å². The third kappa shape index (κ3) is 2.14. The van der Waals surface area contributed by atoms with E-state index in [1.165, 1.54) is 0 Å².